The number of amides is 1. The van der Waals surface area contributed by atoms with Crippen LogP contribution in [0.1, 0.15) is 22.4 Å². The Bertz CT molecular complexity index is 2290. The number of nitrogens with one attached hydrogen (secondary N) is 1. The summed E-state index contributed by atoms with van der Waals surface area (Å²) in [5.41, 5.74) is 6.35. The van der Waals surface area contributed by atoms with Crippen LogP contribution in [0, 0.1) is 27.2 Å². The van der Waals surface area contributed by atoms with E-state index in [0.29, 0.717) is 35.3 Å². The molecule has 7 rings (SSSR count). The monoisotopic (exact) mass is 656 g/mol. The number of fused-ring (bicyclic) bond motifs is 2. The highest BCUT2D eigenvalue weighted by Gasteiger charge is 2.34. The molecule has 1 fully saturated rings. The number of nitro groups is 2. The van der Waals surface area contributed by atoms with Crippen LogP contribution in [0.25, 0.3) is 27.9 Å². The molecule has 0 saturated carbocycles. The fourth-order valence-electron chi connectivity index (χ4n) is 6.00. The summed E-state index contributed by atoms with van der Waals surface area (Å²) in [5.74, 6) is -0.174. The number of aromatic nitrogens is 2. The molecule has 0 bridgehead atoms. The minimum atomic E-state index is -0.459. The predicted octanol–water partition coefficient (Wildman–Crippen LogP) is 8.14. The first kappa shape index (κ1) is 30.6. The van der Waals surface area contributed by atoms with Gasteiger partial charge in [0.25, 0.3) is 17.3 Å². The van der Waals surface area contributed by atoms with Crippen molar-refractivity contribution in [3.05, 3.63) is 151 Å². The number of aliphatic imine (C=N–C) groups is 1. The Labute approximate surface area is 278 Å². The number of H-pyrrole nitrogens is 1. The summed E-state index contributed by atoms with van der Waals surface area (Å²) in [5, 5.41) is 24.9. The van der Waals surface area contributed by atoms with Crippen LogP contribution in [0.5, 0.6) is 0 Å². The molecule has 3 heterocycles. The number of non-ortho nitro benzene ring substituents is 2. The first-order valence-electron chi connectivity index (χ1n) is 15.2. The van der Waals surface area contributed by atoms with Crippen molar-refractivity contribution in [2.75, 3.05) is 6.54 Å². The van der Waals surface area contributed by atoms with Crippen molar-refractivity contribution < 1.29 is 14.6 Å². The smallest absolute Gasteiger partial charge is 0.269 e. The van der Waals surface area contributed by atoms with Crippen LogP contribution in [0.3, 0.4) is 0 Å². The lowest BCUT2D eigenvalue weighted by Gasteiger charge is -2.15. The summed E-state index contributed by atoms with van der Waals surface area (Å²) >= 11 is 1.28. The van der Waals surface area contributed by atoms with E-state index < -0.39 is 9.85 Å². The first-order valence-corrected chi connectivity index (χ1v) is 16.0. The third kappa shape index (κ3) is 5.84. The lowest BCUT2D eigenvalue weighted by molar-refractivity contribution is -0.385. The summed E-state index contributed by atoms with van der Waals surface area (Å²) in [7, 11) is 0. The zero-order valence-electron chi connectivity index (χ0n) is 25.7. The Kier molecular flexibility index (Phi) is 8.07. The molecule has 1 aliphatic heterocycles. The molecule has 0 atom stereocenters. The third-order valence-electron chi connectivity index (χ3n) is 8.50. The van der Waals surface area contributed by atoms with Crippen LogP contribution >= 0.6 is 11.8 Å². The van der Waals surface area contributed by atoms with Crippen LogP contribution in [-0.2, 0) is 17.8 Å². The third-order valence-corrected chi connectivity index (χ3v) is 9.50. The van der Waals surface area contributed by atoms with Crippen molar-refractivity contribution in [1.82, 2.24) is 14.5 Å². The summed E-state index contributed by atoms with van der Waals surface area (Å²) in [6.07, 6.45) is 4.47. The molecular formula is C36H28N6O5S. The van der Waals surface area contributed by atoms with E-state index in [0.717, 1.165) is 44.2 Å². The van der Waals surface area contributed by atoms with Crippen molar-refractivity contribution >= 4 is 67.8 Å². The van der Waals surface area contributed by atoms with Gasteiger partial charge in [0.05, 0.1) is 20.4 Å². The van der Waals surface area contributed by atoms with Gasteiger partial charge < -0.3 is 9.55 Å². The second-order valence-electron chi connectivity index (χ2n) is 11.4. The van der Waals surface area contributed by atoms with Gasteiger partial charge in [-0.25, -0.2) is 4.99 Å². The number of hydrogen-bond donors (Lipinski definition) is 1. The molecule has 11 nitrogen and oxygen atoms in total. The van der Waals surface area contributed by atoms with E-state index in [1.165, 1.54) is 36.0 Å². The number of nitrogens with zero attached hydrogens (tertiary/aromatic N) is 5. The Hall–Kier alpha value is -6.01. The van der Waals surface area contributed by atoms with Crippen LogP contribution in [0.4, 0.5) is 17.1 Å². The molecule has 1 aliphatic rings. The Balaban J connectivity index is 1.25. The maximum atomic E-state index is 14.1. The standard InChI is InChI=1S/C36H28N6O5S/c1-23-31(30-7-3-5-9-33(30)40(23)22-24-10-14-27(15-11-24)41(44)45)20-34-35(43)39(19-18-25-21-37-32-8-4-2-6-29(25)32)36(48-34)38-26-12-16-28(17-13-26)42(46)47/h2-17,20-21,37H,18-19,22H2,1H3/b34-20-,38-36?. The molecule has 1 N–H and O–H groups in total. The van der Waals surface area contributed by atoms with E-state index >= 15 is 0 Å². The van der Waals surface area contributed by atoms with Crippen molar-refractivity contribution in [1.29, 1.82) is 0 Å². The number of benzene rings is 4. The number of hydrogen-bond acceptors (Lipinski definition) is 7. The average molecular weight is 657 g/mol. The number of para-hydroxylation sites is 2. The number of amidine groups is 1. The molecule has 6 aromatic rings. The maximum Gasteiger partial charge on any atom is 0.269 e. The van der Waals surface area contributed by atoms with Crippen LogP contribution in [0.2, 0.25) is 0 Å². The SMILES string of the molecule is Cc1c(/C=C2\SC(=Nc3ccc([N+](=O)[O-])cc3)N(CCc3c[nH]c4ccccc34)C2=O)c2ccccc2n1Cc1ccc([N+](=O)[O-])cc1. The van der Waals surface area contributed by atoms with Gasteiger partial charge in [0.2, 0.25) is 0 Å². The fourth-order valence-corrected chi connectivity index (χ4v) is 7.01. The molecule has 48 heavy (non-hydrogen) atoms. The zero-order valence-corrected chi connectivity index (χ0v) is 26.5. The van der Waals surface area contributed by atoms with E-state index in [1.54, 1.807) is 29.2 Å². The van der Waals surface area contributed by atoms with Gasteiger partial charge in [-0.05, 0) is 66.6 Å². The quantitative estimate of drug-likeness (QED) is 0.0947. The fraction of sp³-hybridized carbons (Fsp3) is 0.111. The van der Waals surface area contributed by atoms with Gasteiger partial charge in [-0.3, -0.25) is 29.9 Å². The summed E-state index contributed by atoms with van der Waals surface area (Å²) < 4.78 is 2.15. The average Bonchev–Trinajstić information content (AvgIpc) is 3.72. The van der Waals surface area contributed by atoms with Gasteiger partial charge in [0.15, 0.2) is 5.17 Å². The topological polar surface area (TPSA) is 140 Å². The van der Waals surface area contributed by atoms with E-state index in [4.69, 9.17) is 4.99 Å². The van der Waals surface area contributed by atoms with Crippen molar-refractivity contribution in [3.63, 3.8) is 0 Å². The molecule has 0 aliphatic carbocycles. The summed E-state index contributed by atoms with van der Waals surface area (Å²) in [6.45, 7) is 2.89. The molecule has 1 saturated heterocycles. The molecule has 12 heteroatoms. The van der Waals surface area contributed by atoms with E-state index in [1.807, 2.05) is 67.7 Å². The van der Waals surface area contributed by atoms with E-state index in [9.17, 15) is 25.0 Å². The van der Waals surface area contributed by atoms with Crippen LogP contribution in [0.15, 0.2) is 113 Å². The highest BCUT2D eigenvalue weighted by Crippen LogP contribution is 2.37. The molecule has 1 amide bonds. The van der Waals surface area contributed by atoms with Crippen LogP contribution < -0.4 is 0 Å². The molecule has 238 valence electrons. The van der Waals surface area contributed by atoms with Crippen LogP contribution in [-0.4, -0.2) is 41.9 Å². The number of carbonyl (C=O) groups excluding carboxylic acids is 1. The van der Waals surface area contributed by atoms with Gasteiger partial charge in [0.1, 0.15) is 0 Å². The molecule has 0 spiro atoms. The molecular weight excluding hydrogens is 629 g/mol. The summed E-state index contributed by atoms with van der Waals surface area (Å²) in [4.78, 5) is 45.8. The first-order chi connectivity index (χ1) is 23.3. The second kappa shape index (κ2) is 12.6. The maximum absolute atomic E-state index is 14.1. The molecule has 0 radical (unpaired) electrons. The Morgan fingerprint density at radius 3 is 2.21 bits per heavy atom. The van der Waals surface area contributed by atoms with Gasteiger partial charge >= 0.3 is 0 Å². The predicted molar refractivity (Wildman–Crippen MR) is 188 cm³/mol. The minimum absolute atomic E-state index is 0.0357. The highest BCUT2D eigenvalue weighted by atomic mass is 32.2. The molecule has 0 unspecified atom stereocenters. The van der Waals surface area contributed by atoms with Crippen molar-refractivity contribution in [2.45, 2.75) is 19.9 Å². The van der Waals surface area contributed by atoms with E-state index in [2.05, 4.69) is 9.55 Å². The number of thioether (sulfide) groups is 1. The highest BCUT2D eigenvalue weighted by molar-refractivity contribution is 8.18. The largest absolute Gasteiger partial charge is 0.361 e. The minimum Gasteiger partial charge on any atom is -0.361 e. The van der Waals surface area contributed by atoms with Gasteiger partial charge in [-0.15, -0.1) is 0 Å². The van der Waals surface area contributed by atoms with Gasteiger partial charge in [0, 0.05) is 76.6 Å². The lowest BCUT2D eigenvalue weighted by Crippen LogP contribution is -2.31. The number of carbonyl (C=O) groups is 1. The van der Waals surface area contributed by atoms with Gasteiger partial charge in [-0.2, -0.15) is 0 Å². The second-order valence-corrected chi connectivity index (χ2v) is 12.4. The Morgan fingerprint density at radius 2 is 1.50 bits per heavy atom. The van der Waals surface area contributed by atoms with Gasteiger partial charge in [-0.1, -0.05) is 48.5 Å². The molecule has 4 aromatic carbocycles. The number of aromatic amines is 1. The Morgan fingerprint density at radius 1 is 0.854 bits per heavy atom. The van der Waals surface area contributed by atoms with Crippen molar-refractivity contribution in [3.8, 4) is 0 Å². The molecule has 2 aromatic heterocycles. The normalized spacial score (nSPS) is 14.9. The number of rotatable bonds is 9. The van der Waals surface area contributed by atoms with E-state index in [-0.39, 0.29) is 17.3 Å². The zero-order chi connectivity index (χ0) is 33.4. The number of nitro benzene ring substituents is 2. The summed E-state index contributed by atoms with van der Waals surface area (Å²) in [6, 6.07) is 28.5. The van der Waals surface area contributed by atoms with Crippen molar-refractivity contribution in [2.24, 2.45) is 4.99 Å². The lowest BCUT2D eigenvalue weighted by atomic mass is 10.1.